The zero-order valence-electron chi connectivity index (χ0n) is 14.3. The minimum Gasteiger partial charge on any atom is -0.451 e. The van der Waals surface area contributed by atoms with Gasteiger partial charge >= 0.3 is 12.6 Å². The van der Waals surface area contributed by atoms with Crippen LogP contribution < -0.4 is 15.4 Å². The van der Waals surface area contributed by atoms with Crippen LogP contribution in [0.4, 0.5) is 8.78 Å². The molecule has 0 saturated carbocycles. The van der Waals surface area contributed by atoms with Crippen molar-refractivity contribution < 1.29 is 37.4 Å². The SMILES string of the molecule is COCCNC(=O)[C@@H](C)OC(=O)CNC(=O)c1ccccc1OC(F)F. The predicted molar refractivity (Wildman–Crippen MR) is 85.8 cm³/mol. The van der Waals surface area contributed by atoms with Crippen LogP contribution >= 0.6 is 0 Å². The summed E-state index contributed by atoms with van der Waals surface area (Å²) >= 11 is 0. The minimum absolute atomic E-state index is 0.161. The van der Waals surface area contributed by atoms with E-state index in [1.807, 2.05) is 0 Å². The largest absolute Gasteiger partial charge is 0.451 e. The lowest BCUT2D eigenvalue weighted by Crippen LogP contribution is -2.39. The zero-order chi connectivity index (χ0) is 19.5. The number of carbonyl (C=O) groups excluding carboxylic acids is 3. The number of rotatable bonds is 10. The van der Waals surface area contributed by atoms with Gasteiger partial charge in [-0.2, -0.15) is 8.78 Å². The van der Waals surface area contributed by atoms with Crippen molar-refractivity contribution in [2.45, 2.75) is 19.6 Å². The van der Waals surface area contributed by atoms with E-state index in [1.165, 1.54) is 38.3 Å². The average Bonchev–Trinajstić information content (AvgIpc) is 2.59. The maximum atomic E-state index is 12.3. The molecular formula is C16H20F2N2O6. The third-order valence-electron chi connectivity index (χ3n) is 3.02. The van der Waals surface area contributed by atoms with Crippen LogP contribution in [0.25, 0.3) is 0 Å². The van der Waals surface area contributed by atoms with Gasteiger partial charge in [-0.15, -0.1) is 0 Å². The number of methoxy groups -OCH3 is 1. The molecule has 1 aromatic rings. The van der Waals surface area contributed by atoms with Gasteiger partial charge in [-0.1, -0.05) is 12.1 Å². The normalized spacial score (nSPS) is 11.6. The topological polar surface area (TPSA) is 103 Å². The van der Waals surface area contributed by atoms with E-state index in [9.17, 15) is 23.2 Å². The lowest BCUT2D eigenvalue weighted by Gasteiger charge is -2.14. The Kier molecular flexibility index (Phi) is 8.99. The molecule has 2 N–H and O–H groups in total. The van der Waals surface area contributed by atoms with Crippen LogP contribution in [0.15, 0.2) is 24.3 Å². The van der Waals surface area contributed by atoms with Crippen molar-refractivity contribution in [2.24, 2.45) is 0 Å². The molecule has 0 aromatic heterocycles. The molecule has 1 rings (SSSR count). The average molecular weight is 374 g/mol. The number of hydrogen-bond donors (Lipinski definition) is 2. The molecule has 0 radical (unpaired) electrons. The molecule has 0 unspecified atom stereocenters. The van der Waals surface area contributed by atoms with Gasteiger partial charge in [0.1, 0.15) is 12.3 Å². The fraction of sp³-hybridized carbons (Fsp3) is 0.438. The number of halogens is 2. The van der Waals surface area contributed by atoms with Crippen LogP contribution in [-0.2, 0) is 19.1 Å². The number of para-hydroxylation sites is 1. The Hall–Kier alpha value is -2.75. The molecular weight excluding hydrogens is 354 g/mol. The molecule has 0 bridgehead atoms. The van der Waals surface area contributed by atoms with Gasteiger partial charge in [-0.25, -0.2) is 0 Å². The van der Waals surface area contributed by atoms with Crippen LogP contribution in [0.2, 0.25) is 0 Å². The first kappa shape index (κ1) is 21.3. The molecule has 1 aromatic carbocycles. The van der Waals surface area contributed by atoms with Gasteiger partial charge in [0, 0.05) is 13.7 Å². The van der Waals surface area contributed by atoms with E-state index in [0.717, 1.165) is 0 Å². The first-order chi connectivity index (χ1) is 12.3. The Morgan fingerprint density at radius 2 is 1.85 bits per heavy atom. The number of amides is 2. The number of hydrogen-bond acceptors (Lipinski definition) is 6. The summed E-state index contributed by atoms with van der Waals surface area (Å²) in [6.45, 7) is -1.70. The molecule has 144 valence electrons. The predicted octanol–water partition coefficient (Wildman–Crippen LogP) is 0.712. The summed E-state index contributed by atoms with van der Waals surface area (Å²) in [4.78, 5) is 35.3. The van der Waals surface area contributed by atoms with Crippen molar-refractivity contribution in [2.75, 3.05) is 26.8 Å². The van der Waals surface area contributed by atoms with Crippen molar-refractivity contribution in [3.05, 3.63) is 29.8 Å². The van der Waals surface area contributed by atoms with Crippen molar-refractivity contribution in [1.82, 2.24) is 10.6 Å². The second kappa shape index (κ2) is 11.0. The third-order valence-corrected chi connectivity index (χ3v) is 3.02. The van der Waals surface area contributed by atoms with E-state index in [4.69, 9.17) is 9.47 Å². The van der Waals surface area contributed by atoms with Crippen molar-refractivity contribution in [1.29, 1.82) is 0 Å². The molecule has 1 atom stereocenters. The van der Waals surface area contributed by atoms with Crippen LogP contribution in [0.1, 0.15) is 17.3 Å². The summed E-state index contributed by atoms with van der Waals surface area (Å²) in [6.07, 6.45) is -1.06. The van der Waals surface area contributed by atoms with Crippen LogP contribution in [0, 0.1) is 0 Å². The minimum atomic E-state index is -3.09. The van der Waals surface area contributed by atoms with Gasteiger partial charge < -0.3 is 24.8 Å². The molecule has 0 aliphatic heterocycles. The van der Waals surface area contributed by atoms with E-state index >= 15 is 0 Å². The van der Waals surface area contributed by atoms with E-state index in [-0.39, 0.29) is 17.9 Å². The number of carbonyl (C=O) groups is 3. The highest BCUT2D eigenvalue weighted by Crippen LogP contribution is 2.19. The lowest BCUT2D eigenvalue weighted by molar-refractivity contribution is -0.153. The number of ether oxygens (including phenoxy) is 3. The Labute approximate surface area is 148 Å². The molecule has 0 heterocycles. The number of alkyl halides is 2. The molecule has 0 saturated heterocycles. The smallest absolute Gasteiger partial charge is 0.387 e. The molecule has 26 heavy (non-hydrogen) atoms. The Morgan fingerprint density at radius 1 is 1.15 bits per heavy atom. The molecule has 2 amide bonds. The van der Waals surface area contributed by atoms with Gasteiger partial charge in [0.15, 0.2) is 6.10 Å². The van der Waals surface area contributed by atoms with E-state index in [0.29, 0.717) is 6.61 Å². The van der Waals surface area contributed by atoms with E-state index in [2.05, 4.69) is 15.4 Å². The monoisotopic (exact) mass is 374 g/mol. The fourth-order valence-corrected chi connectivity index (χ4v) is 1.81. The Bertz CT molecular complexity index is 627. The van der Waals surface area contributed by atoms with Crippen LogP contribution in [0.3, 0.4) is 0 Å². The molecule has 0 fully saturated rings. The maximum absolute atomic E-state index is 12.3. The molecule has 0 aliphatic carbocycles. The van der Waals surface area contributed by atoms with Crippen LogP contribution in [-0.4, -0.2) is 57.3 Å². The summed E-state index contributed by atoms with van der Waals surface area (Å²) in [5.74, 6) is -2.49. The van der Waals surface area contributed by atoms with Crippen molar-refractivity contribution in [3.8, 4) is 5.75 Å². The van der Waals surface area contributed by atoms with E-state index in [1.54, 1.807) is 0 Å². The van der Waals surface area contributed by atoms with Gasteiger partial charge in [0.05, 0.1) is 12.2 Å². The van der Waals surface area contributed by atoms with Gasteiger partial charge in [-0.05, 0) is 19.1 Å². The zero-order valence-corrected chi connectivity index (χ0v) is 14.3. The van der Waals surface area contributed by atoms with Crippen molar-refractivity contribution >= 4 is 17.8 Å². The van der Waals surface area contributed by atoms with Gasteiger partial charge in [0.2, 0.25) is 0 Å². The quantitative estimate of drug-likeness (QED) is 0.462. The fourth-order valence-electron chi connectivity index (χ4n) is 1.81. The standard InChI is InChI=1S/C16H20F2N2O6/c1-10(14(22)19-7-8-24-2)25-13(21)9-20-15(23)11-5-3-4-6-12(11)26-16(17)18/h3-6,10,16H,7-9H2,1-2H3,(H,19,22)(H,20,23)/t10-/m1/s1. The molecule has 10 heteroatoms. The highest BCUT2D eigenvalue weighted by molar-refractivity contribution is 5.98. The number of benzene rings is 1. The highest BCUT2D eigenvalue weighted by Gasteiger charge is 2.19. The molecule has 0 spiro atoms. The summed E-state index contributed by atoms with van der Waals surface area (Å²) in [5.41, 5.74) is -0.161. The summed E-state index contributed by atoms with van der Waals surface area (Å²) in [5, 5.41) is 4.71. The summed E-state index contributed by atoms with van der Waals surface area (Å²) < 4.78 is 38.5. The number of nitrogens with one attached hydrogen (secondary N) is 2. The summed E-state index contributed by atoms with van der Waals surface area (Å²) in [7, 11) is 1.47. The Morgan fingerprint density at radius 3 is 2.50 bits per heavy atom. The van der Waals surface area contributed by atoms with Crippen molar-refractivity contribution in [3.63, 3.8) is 0 Å². The second-order valence-corrected chi connectivity index (χ2v) is 4.97. The van der Waals surface area contributed by atoms with Gasteiger partial charge in [0.25, 0.3) is 11.8 Å². The first-order valence-corrected chi connectivity index (χ1v) is 7.63. The first-order valence-electron chi connectivity index (χ1n) is 7.63. The highest BCUT2D eigenvalue weighted by atomic mass is 19.3. The van der Waals surface area contributed by atoms with Gasteiger partial charge in [-0.3, -0.25) is 14.4 Å². The Balaban J connectivity index is 2.50. The van der Waals surface area contributed by atoms with E-state index < -0.39 is 37.0 Å². The lowest BCUT2D eigenvalue weighted by atomic mass is 10.2. The molecule has 8 nitrogen and oxygen atoms in total. The third kappa shape index (κ3) is 7.43. The second-order valence-electron chi connectivity index (χ2n) is 4.97. The summed E-state index contributed by atoms with van der Waals surface area (Å²) in [6, 6.07) is 5.35. The van der Waals surface area contributed by atoms with Crippen LogP contribution in [0.5, 0.6) is 5.75 Å². The maximum Gasteiger partial charge on any atom is 0.387 e. The number of esters is 1. The molecule has 0 aliphatic rings.